The number of carbonyl (C=O) groups excluding carboxylic acids is 1. The minimum atomic E-state index is -0.234. The Kier molecular flexibility index (Phi) is 6.42. The van der Waals surface area contributed by atoms with Crippen LogP contribution in [-0.2, 0) is 11.4 Å². The Morgan fingerprint density at radius 3 is 2.62 bits per heavy atom. The van der Waals surface area contributed by atoms with Crippen molar-refractivity contribution in [3.05, 3.63) is 70.7 Å². The third-order valence-electron chi connectivity index (χ3n) is 4.92. The first-order valence-electron chi connectivity index (χ1n) is 9.92. The number of para-hydroxylation sites is 3. The van der Waals surface area contributed by atoms with Crippen LogP contribution in [0.1, 0.15) is 42.3 Å². The standard InChI is InChI=1S/C23H24N2O3S/c26-22(15-27-19-10-2-1-3-11-19)25-20-12-6-7-13-21(20)28-14-18-16-29-23(24-18)17-8-4-5-9-17/h1-3,6-7,10-13,16-17H,4-5,8-9,14-15H2,(H,25,26). The van der Waals surface area contributed by atoms with Crippen LogP contribution in [0.4, 0.5) is 5.69 Å². The average molecular weight is 409 g/mol. The fourth-order valence-corrected chi connectivity index (χ4v) is 4.42. The molecule has 4 rings (SSSR count). The predicted molar refractivity (Wildman–Crippen MR) is 115 cm³/mol. The Morgan fingerprint density at radius 2 is 1.79 bits per heavy atom. The van der Waals surface area contributed by atoms with Crippen LogP contribution in [0.5, 0.6) is 11.5 Å². The quantitative estimate of drug-likeness (QED) is 0.542. The van der Waals surface area contributed by atoms with Crippen LogP contribution in [0, 0.1) is 0 Å². The van der Waals surface area contributed by atoms with E-state index in [1.165, 1.54) is 30.7 Å². The van der Waals surface area contributed by atoms with E-state index in [9.17, 15) is 4.79 Å². The van der Waals surface area contributed by atoms with Crippen LogP contribution < -0.4 is 14.8 Å². The molecule has 1 saturated carbocycles. The summed E-state index contributed by atoms with van der Waals surface area (Å²) in [5, 5.41) is 6.16. The van der Waals surface area contributed by atoms with Crippen LogP contribution in [0.25, 0.3) is 0 Å². The summed E-state index contributed by atoms with van der Waals surface area (Å²) in [5.41, 5.74) is 1.56. The van der Waals surface area contributed by atoms with E-state index in [2.05, 4.69) is 10.7 Å². The highest BCUT2D eigenvalue weighted by atomic mass is 32.1. The third-order valence-corrected chi connectivity index (χ3v) is 5.98. The van der Waals surface area contributed by atoms with Gasteiger partial charge in [-0.05, 0) is 37.1 Å². The van der Waals surface area contributed by atoms with Gasteiger partial charge in [-0.25, -0.2) is 4.98 Å². The summed E-state index contributed by atoms with van der Waals surface area (Å²) >= 11 is 1.72. The lowest BCUT2D eigenvalue weighted by Crippen LogP contribution is -2.20. The van der Waals surface area contributed by atoms with Crippen molar-refractivity contribution in [3.63, 3.8) is 0 Å². The molecule has 0 spiro atoms. The third kappa shape index (κ3) is 5.35. The van der Waals surface area contributed by atoms with E-state index in [0.29, 0.717) is 29.7 Å². The summed E-state index contributed by atoms with van der Waals surface area (Å²) in [4.78, 5) is 17.0. The van der Waals surface area contributed by atoms with Crippen molar-refractivity contribution in [1.82, 2.24) is 4.98 Å². The Bertz CT molecular complexity index is 936. The van der Waals surface area contributed by atoms with Crippen molar-refractivity contribution in [1.29, 1.82) is 0 Å². The molecule has 0 unspecified atom stereocenters. The van der Waals surface area contributed by atoms with E-state index >= 15 is 0 Å². The second kappa shape index (κ2) is 9.56. The van der Waals surface area contributed by atoms with Crippen LogP contribution in [0.15, 0.2) is 60.0 Å². The molecule has 0 radical (unpaired) electrons. The lowest BCUT2D eigenvalue weighted by atomic mass is 10.1. The van der Waals surface area contributed by atoms with Gasteiger partial charge in [0.1, 0.15) is 18.1 Å². The van der Waals surface area contributed by atoms with Gasteiger partial charge in [-0.15, -0.1) is 11.3 Å². The summed E-state index contributed by atoms with van der Waals surface area (Å²) in [6, 6.07) is 16.7. The predicted octanol–water partition coefficient (Wildman–Crippen LogP) is 5.40. The van der Waals surface area contributed by atoms with Crippen LogP contribution in [0.2, 0.25) is 0 Å². The molecular weight excluding hydrogens is 384 g/mol. The zero-order valence-corrected chi connectivity index (χ0v) is 17.0. The highest BCUT2D eigenvalue weighted by Crippen LogP contribution is 2.35. The van der Waals surface area contributed by atoms with Gasteiger partial charge in [0.25, 0.3) is 5.91 Å². The Balaban J connectivity index is 1.32. The van der Waals surface area contributed by atoms with Crippen LogP contribution in [-0.4, -0.2) is 17.5 Å². The molecule has 1 heterocycles. The number of nitrogens with zero attached hydrogens (tertiary/aromatic N) is 1. The second-order valence-corrected chi connectivity index (χ2v) is 7.98. The average Bonchev–Trinajstić information content (AvgIpc) is 3.44. The van der Waals surface area contributed by atoms with Gasteiger partial charge in [0.2, 0.25) is 0 Å². The molecule has 29 heavy (non-hydrogen) atoms. The lowest BCUT2D eigenvalue weighted by Gasteiger charge is -2.12. The Morgan fingerprint density at radius 1 is 1.03 bits per heavy atom. The number of thiazole rings is 1. The van der Waals surface area contributed by atoms with E-state index in [4.69, 9.17) is 14.5 Å². The summed E-state index contributed by atoms with van der Waals surface area (Å²) in [7, 11) is 0. The summed E-state index contributed by atoms with van der Waals surface area (Å²) < 4.78 is 11.5. The van der Waals surface area contributed by atoms with Crippen LogP contribution in [0.3, 0.4) is 0 Å². The van der Waals surface area contributed by atoms with Crippen molar-refractivity contribution in [3.8, 4) is 11.5 Å². The minimum absolute atomic E-state index is 0.0603. The number of carbonyl (C=O) groups is 1. The first-order chi connectivity index (χ1) is 14.3. The first kappa shape index (κ1) is 19.5. The molecule has 1 fully saturated rings. The van der Waals surface area contributed by atoms with Crippen molar-refractivity contribution in [2.75, 3.05) is 11.9 Å². The topological polar surface area (TPSA) is 60.5 Å². The molecular formula is C23H24N2O3S. The number of ether oxygens (including phenoxy) is 2. The largest absolute Gasteiger partial charge is 0.485 e. The fourth-order valence-electron chi connectivity index (χ4n) is 3.45. The number of hydrogen-bond acceptors (Lipinski definition) is 5. The maximum absolute atomic E-state index is 12.3. The molecule has 3 aromatic rings. The highest BCUT2D eigenvalue weighted by molar-refractivity contribution is 7.09. The molecule has 1 aromatic heterocycles. The van der Waals surface area contributed by atoms with Gasteiger partial charge in [0.05, 0.1) is 16.4 Å². The van der Waals surface area contributed by atoms with Crippen molar-refractivity contribution in [2.24, 2.45) is 0 Å². The highest BCUT2D eigenvalue weighted by Gasteiger charge is 2.20. The van der Waals surface area contributed by atoms with E-state index < -0.39 is 0 Å². The zero-order chi connectivity index (χ0) is 19.9. The summed E-state index contributed by atoms with van der Waals surface area (Å²) in [6.07, 6.45) is 5.09. The molecule has 1 N–H and O–H groups in total. The molecule has 5 nitrogen and oxygen atoms in total. The van der Waals surface area contributed by atoms with Gasteiger partial charge in [-0.1, -0.05) is 43.2 Å². The molecule has 0 atom stereocenters. The van der Waals surface area contributed by atoms with Gasteiger partial charge < -0.3 is 14.8 Å². The molecule has 2 aromatic carbocycles. The first-order valence-corrected chi connectivity index (χ1v) is 10.8. The molecule has 0 bridgehead atoms. The van der Waals surface area contributed by atoms with Crippen LogP contribution >= 0.6 is 11.3 Å². The van der Waals surface area contributed by atoms with E-state index in [1.807, 2.05) is 54.6 Å². The van der Waals surface area contributed by atoms with E-state index in [0.717, 1.165) is 5.69 Å². The number of nitrogens with one attached hydrogen (secondary N) is 1. The van der Waals surface area contributed by atoms with Crippen molar-refractivity contribution in [2.45, 2.75) is 38.2 Å². The van der Waals surface area contributed by atoms with Gasteiger partial charge in [-0.3, -0.25) is 4.79 Å². The SMILES string of the molecule is O=C(COc1ccccc1)Nc1ccccc1OCc1csc(C2CCCC2)n1. The number of hydrogen-bond donors (Lipinski definition) is 1. The molecule has 6 heteroatoms. The number of rotatable bonds is 8. The molecule has 150 valence electrons. The number of amides is 1. The lowest BCUT2D eigenvalue weighted by molar-refractivity contribution is -0.118. The van der Waals surface area contributed by atoms with Gasteiger partial charge in [-0.2, -0.15) is 0 Å². The van der Waals surface area contributed by atoms with Crippen molar-refractivity contribution < 1.29 is 14.3 Å². The normalized spacial score (nSPS) is 13.9. The van der Waals surface area contributed by atoms with Gasteiger partial charge >= 0.3 is 0 Å². The summed E-state index contributed by atoms with van der Waals surface area (Å²) in [6.45, 7) is 0.325. The molecule has 1 aliphatic rings. The minimum Gasteiger partial charge on any atom is -0.485 e. The molecule has 1 aliphatic carbocycles. The number of benzene rings is 2. The van der Waals surface area contributed by atoms with Crippen molar-refractivity contribution >= 4 is 22.9 Å². The zero-order valence-electron chi connectivity index (χ0n) is 16.2. The Labute approximate surface area is 174 Å². The molecule has 1 amide bonds. The van der Waals surface area contributed by atoms with Gasteiger partial charge in [0, 0.05) is 11.3 Å². The number of anilines is 1. The van der Waals surface area contributed by atoms with E-state index in [-0.39, 0.29) is 12.5 Å². The van der Waals surface area contributed by atoms with E-state index in [1.54, 1.807) is 11.3 Å². The second-order valence-electron chi connectivity index (χ2n) is 7.09. The van der Waals surface area contributed by atoms with Gasteiger partial charge in [0.15, 0.2) is 6.61 Å². The monoisotopic (exact) mass is 408 g/mol. The molecule has 0 aliphatic heterocycles. The smallest absolute Gasteiger partial charge is 0.262 e. The maximum atomic E-state index is 12.3. The Hall–Kier alpha value is -2.86. The maximum Gasteiger partial charge on any atom is 0.262 e. The summed E-state index contributed by atoms with van der Waals surface area (Å²) in [5.74, 6) is 1.66. The number of aromatic nitrogens is 1. The fraction of sp³-hybridized carbons (Fsp3) is 0.304. The molecule has 0 saturated heterocycles.